The fraction of sp³-hybridized carbons (Fsp3) is 0.214. The SMILES string of the molecule is O=C(O)COC(CCCc1ccc(Br)cc1)c1ccc(OCc2ccc3ccccc3n2)cc1. The Hall–Kier alpha value is -3.22. The molecular weight excluding hydrogens is 494 g/mol. The number of carboxylic acids is 1. The number of rotatable bonds is 11. The molecule has 1 heterocycles. The minimum Gasteiger partial charge on any atom is -0.487 e. The zero-order chi connectivity index (χ0) is 23.8. The van der Waals surface area contributed by atoms with Gasteiger partial charge < -0.3 is 14.6 Å². The number of carboxylic acid groups (broad SMARTS) is 1. The fourth-order valence-corrected chi connectivity index (χ4v) is 4.05. The predicted molar refractivity (Wildman–Crippen MR) is 136 cm³/mol. The van der Waals surface area contributed by atoms with Crippen molar-refractivity contribution >= 4 is 32.8 Å². The van der Waals surface area contributed by atoms with E-state index in [2.05, 4.69) is 33.0 Å². The van der Waals surface area contributed by atoms with Crippen molar-refractivity contribution in [3.05, 3.63) is 106 Å². The third kappa shape index (κ3) is 6.89. The Morgan fingerprint density at radius 2 is 1.71 bits per heavy atom. The van der Waals surface area contributed by atoms with E-state index in [1.807, 2.05) is 72.8 Å². The summed E-state index contributed by atoms with van der Waals surface area (Å²) in [6.45, 7) is 0.0468. The molecule has 34 heavy (non-hydrogen) atoms. The van der Waals surface area contributed by atoms with E-state index in [-0.39, 0.29) is 12.7 Å². The highest BCUT2D eigenvalue weighted by Gasteiger charge is 2.14. The molecule has 4 aromatic rings. The summed E-state index contributed by atoms with van der Waals surface area (Å²) in [4.78, 5) is 15.7. The van der Waals surface area contributed by atoms with Crippen LogP contribution in [0.2, 0.25) is 0 Å². The summed E-state index contributed by atoms with van der Waals surface area (Å²) >= 11 is 3.45. The lowest BCUT2D eigenvalue weighted by atomic mass is 10.0. The number of para-hydroxylation sites is 1. The average molecular weight is 520 g/mol. The highest BCUT2D eigenvalue weighted by atomic mass is 79.9. The number of fused-ring (bicyclic) bond motifs is 1. The molecule has 1 N–H and O–H groups in total. The second-order valence-corrected chi connectivity index (χ2v) is 8.98. The van der Waals surface area contributed by atoms with Gasteiger partial charge in [0.2, 0.25) is 0 Å². The monoisotopic (exact) mass is 519 g/mol. The van der Waals surface area contributed by atoms with Gasteiger partial charge >= 0.3 is 5.97 Å². The van der Waals surface area contributed by atoms with E-state index < -0.39 is 5.97 Å². The molecule has 5 nitrogen and oxygen atoms in total. The number of nitrogens with zero attached hydrogens (tertiary/aromatic N) is 1. The van der Waals surface area contributed by atoms with Crippen LogP contribution in [0.15, 0.2) is 89.4 Å². The first-order valence-electron chi connectivity index (χ1n) is 11.2. The van der Waals surface area contributed by atoms with Gasteiger partial charge in [0.1, 0.15) is 19.0 Å². The molecule has 1 atom stereocenters. The lowest BCUT2D eigenvalue weighted by Crippen LogP contribution is -2.12. The van der Waals surface area contributed by atoms with Gasteiger partial charge in [0, 0.05) is 9.86 Å². The number of aromatic nitrogens is 1. The number of pyridine rings is 1. The Morgan fingerprint density at radius 1 is 0.941 bits per heavy atom. The van der Waals surface area contributed by atoms with Crippen LogP contribution in [0.5, 0.6) is 5.75 Å². The molecule has 0 saturated carbocycles. The predicted octanol–water partition coefficient (Wildman–Crippen LogP) is 6.74. The smallest absolute Gasteiger partial charge is 0.329 e. The number of benzene rings is 3. The Kier molecular flexibility index (Phi) is 8.28. The lowest BCUT2D eigenvalue weighted by molar-refractivity contribution is -0.144. The molecule has 0 amide bonds. The number of aryl methyl sites for hydroxylation is 1. The third-order valence-electron chi connectivity index (χ3n) is 5.55. The summed E-state index contributed by atoms with van der Waals surface area (Å²) in [5, 5.41) is 10.2. The van der Waals surface area contributed by atoms with E-state index in [9.17, 15) is 4.79 Å². The van der Waals surface area contributed by atoms with Gasteiger partial charge in [-0.1, -0.05) is 64.5 Å². The normalized spacial score (nSPS) is 11.9. The Morgan fingerprint density at radius 3 is 2.47 bits per heavy atom. The number of ether oxygens (including phenoxy) is 2. The number of hydrogen-bond acceptors (Lipinski definition) is 4. The van der Waals surface area contributed by atoms with Crippen molar-refractivity contribution in [3.63, 3.8) is 0 Å². The van der Waals surface area contributed by atoms with Crippen LogP contribution in [0.3, 0.4) is 0 Å². The summed E-state index contributed by atoms with van der Waals surface area (Å²) in [6, 6.07) is 27.9. The molecule has 0 aliphatic carbocycles. The molecule has 0 aliphatic rings. The van der Waals surface area contributed by atoms with Crippen molar-refractivity contribution < 1.29 is 19.4 Å². The molecule has 0 spiro atoms. The third-order valence-corrected chi connectivity index (χ3v) is 6.08. The maximum atomic E-state index is 11.1. The van der Waals surface area contributed by atoms with Crippen LogP contribution in [0, 0.1) is 0 Å². The molecule has 174 valence electrons. The van der Waals surface area contributed by atoms with Crippen LogP contribution in [-0.4, -0.2) is 22.7 Å². The average Bonchev–Trinajstić information content (AvgIpc) is 2.86. The summed E-state index contributed by atoms with van der Waals surface area (Å²) in [6.07, 6.45) is 2.23. The van der Waals surface area contributed by atoms with Crippen LogP contribution in [0.1, 0.15) is 35.8 Å². The molecule has 0 saturated heterocycles. The van der Waals surface area contributed by atoms with Crippen LogP contribution in [0.25, 0.3) is 10.9 Å². The van der Waals surface area contributed by atoms with E-state index in [0.717, 1.165) is 51.6 Å². The van der Waals surface area contributed by atoms with Crippen LogP contribution < -0.4 is 4.74 Å². The van der Waals surface area contributed by atoms with Crippen molar-refractivity contribution in [3.8, 4) is 5.75 Å². The zero-order valence-corrected chi connectivity index (χ0v) is 20.3. The zero-order valence-electron chi connectivity index (χ0n) is 18.7. The lowest BCUT2D eigenvalue weighted by Gasteiger charge is -2.18. The van der Waals surface area contributed by atoms with Gasteiger partial charge in [-0.2, -0.15) is 0 Å². The summed E-state index contributed by atoms with van der Waals surface area (Å²) in [5.74, 6) is -0.244. The van der Waals surface area contributed by atoms with Gasteiger partial charge in [-0.3, -0.25) is 0 Å². The maximum absolute atomic E-state index is 11.1. The largest absolute Gasteiger partial charge is 0.487 e. The molecule has 6 heteroatoms. The first-order valence-corrected chi connectivity index (χ1v) is 12.0. The van der Waals surface area contributed by atoms with Gasteiger partial charge in [-0.25, -0.2) is 9.78 Å². The quantitative estimate of drug-likeness (QED) is 0.237. The molecular formula is C28H26BrNO4. The summed E-state index contributed by atoms with van der Waals surface area (Å²) < 4.78 is 12.7. The van der Waals surface area contributed by atoms with Gasteiger partial charge in [-0.15, -0.1) is 0 Å². The minimum atomic E-state index is -0.972. The van der Waals surface area contributed by atoms with Crippen molar-refractivity contribution in [2.45, 2.75) is 32.0 Å². The van der Waals surface area contributed by atoms with E-state index in [1.54, 1.807) is 0 Å². The van der Waals surface area contributed by atoms with Crippen molar-refractivity contribution in [2.24, 2.45) is 0 Å². The van der Waals surface area contributed by atoms with Gasteiger partial charge in [0.15, 0.2) is 0 Å². The molecule has 4 rings (SSSR count). The number of hydrogen-bond donors (Lipinski definition) is 1. The second kappa shape index (κ2) is 11.8. The summed E-state index contributed by atoms with van der Waals surface area (Å²) in [7, 11) is 0. The summed E-state index contributed by atoms with van der Waals surface area (Å²) in [5.41, 5.74) is 3.98. The Balaban J connectivity index is 1.35. The highest BCUT2D eigenvalue weighted by Crippen LogP contribution is 2.26. The molecule has 1 unspecified atom stereocenters. The van der Waals surface area contributed by atoms with Crippen LogP contribution in [-0.2, 0) is 22.6 Å². The first-order chi connectivity index (χ1) is 16.6. The van der Waals surface area contributed by atoms with E-state index in [4.69, 9.17) is 14.6 Å². The van der Waals surface area contributed by atoms with Gasteiger partial charge in [-0.05, 0) is 66.8 Å². The minimum absolute atomic E-state index is 0.289. The van der Waals surface area contributed by atoms with E-state index in [1.165, 1.54) is 5.56 Å². The van der Waals surface area contributed by atoms with Crippen molar-refractivity contribution in [1.29, 1.82) is 0 Å². The topological polar surface area (TPSA) is 68.7 Å². The Bertz CT molecular complexity index is 1230. The maximum Gasteiger partial charge on any atom is 0.329 e. The van der Waals surface area contributed by atoms with Gasteiger partial charge in [0.25, 0.3) is 0 Å². The van der Waals surface area contributed by atoms with Crippen LogP contribution >= 0.6 is 15.9 Å². The molecule has 0 bridgehead atoms. The number of carbonyl (C=O) groups is 1. The highest BCUT2D eigenvalue weighted by molar-refractivity contribution is 9.10. The van der Waals surface area contributed by atoms with Gasteiger partial charge in [0.05, 0.1) is 17.3 Å². The molecule has 1 aromatic heterocycles. The number of halogens is 1. The number of aliphatic carboxylic acids is 1. The molecule has 3 aromatic carbocycles. The Labute approximate surface area is 207 Å². The van der Waals surface area contributed by atoms with E-state index in [0.29, 0.717) is 6.61 Å². The van der Waals surface area contributed by atoms with E-state index >= 15 is 0 Å². The molecule has 0 radical (unpaired) electrons. The fourth-order valence-electron chi connectivity index (χ4n) is 3.79. The molecule has 0 aliphatic heterocycles. The first kappa shape index (κ1) is 23.9. The standard InChI is InChI=1S/C28H26BrNO4/c29-23-13-8-20(9-14-23)4-3-7-27(34-19-28(31)32)22-11-16-25(17-12-22)33-18-24-15-10-21-5-1-2-6-26(21)30-24/h1-2,5-6,8-17,27H,3-4,7,18-19H2,(H,31,32). The van der Waals surface area contributed by atoms with Crippen LogP contribution in [0.4, 0.5) is 0 Å². The molecule has 0 fully saturated rings. The second-order valence-electron chi connectivity index (χ2n) is 8.07. The van der Waals surface area contributed by atoms with Crippen molar-refractivity contribution in [1.82, 2.24) is 4.98 Å². The van der Waals surface area contributed by atoms with Crippen molar-refractivity contribution in [2.75, 3.05) is 6.61 Å².